The van der Waals surface area contributed by atoms with Gasteiger partial charge in [0.2, 0.25) is 0 Å². The van der Waals surface area contributed by atoms with Crippen molar-refractivity contribution in [3.8, 4) is 0 Å². The summed E-state index contributed by atoms with van der Waals surface area (Å²) in [6, 6.07) is 7.82. The molecule has 2 aromatic rings. The van der Waals surface area contributed by atoms with Gasteiger partial charge in [0.1, 0.15) is 10.5 Å². The second-order valence-corrected chi connectivity index (χ2v) is 9.08. The van der Waals surface area contributed by atoms with Gasteiger partial charge >= 0.3 is 6.03 Å². The van der Waals surface area contributed by atoms with Crippen molar-refractivity contribution in [1.82, 2.24) is 20.1 Å². The molecule has 1 N–H and O–H groups in total. The van der Waals surface area contributed by atoms with Gasteiger partial charge in [-0.15, -0.1) is 11.3 Å². The average Bonchev–Trinajstić information content (AvgIpc) is 3.19. The lowest BCUT2D eigenvalue weighted by molar-refractivity contribution is -0.134. The Morgan fingerprint density at radius 2 is 2.04 bits per heavy atom. The van der Waals surface area contributed by atoms with E-state index in [4.69, 9.17) is 4.98 Å². The van der Waals surface area contributed by atoms with Crippen molar-refractivity contribution in [2.24, 2.45) is 5.92 Å². The molecule has 1 spiro atoms. The standard InChI is InChI=1S/C20H26N4O2S/c1-13-8-10-20(11-9-13)18(25)24(19(26)22-20)12-23(3)14(2)17-21-15-6-4-5-7-16(15)27-17/h4-7,13-14H,8-12H2,1-3H3,(H,22,26)/t13?,14-,20?/m1/s1. The Labute approximate surface area is 163 Å². The Morgan fingerprint density at radius 3 is 2.74 bits per heavy atom. The van der Waals surface area contributed by atoms with Crippen molar-refractivity contribution in [3.63, 3.8) is 0 Å². The van der Waals surface area contributed by atoms with Crippen LogP contribution in [0.1, 0.15) is 50.6 Å². The first-order valence-electron chi connectivity index (χ1n) is 9.59. The van der Waals surface area contributed by atoms with Crippen LogP contribution >= 0.6 is 11.3 Å². The maximum atomic E-state index is 13.0. The number of imide groups is 1. The zero-order chi connectivity index (χ0) is 19.2. The largest absolute Gasteiger partial charge is 0.326 e. The van der Waals surface area contributed by atoms with Gasteiger partial charge in [-0.2, -0.15) is 0 Å². The fraction of sp³-hybridized carbons (Fsp3) is 0.550. The number of hydrogen-bond donors (Lipinski definition) is 1. The van der Waals surface area contributed by atoms with Gasteiger partial charge in [-0.05, 0) is 57.7 Å². The predicted molar refractivity (Wildman–Crippen MR) is 106 cm³/mol. The van der Waals surface area contributed by atoms with Crippen molar-refractivity contribution < 1.29 is 9.59 Å². The summed E-state index contributed by atoms with van der Waals surface area (Å²) >= 11 is 1.66. The number of carbonyl (C=O) groups excluding carboxylic acids is 2. The molecular formula is C20H26N4O2S. The molecule has 3 amide bonds. The number of fused-ring (bicyclic) bond motifs is 1. The van der Waals surface area contributed by atoms with Gasteiger partial charge < -0.3 is 5.32 Å². The fourth-order valence-electron chi connectivity index (χ4n) is 4.00. The molecule has 1 saturated heterocycles. The topological polar surface area (TPSA) is 65.5 Å². The second kappa shape index (κ2) is 6.87. The van der Waals surface area contributed by atoms with Crippen LogP contribution in [-0.4, -0.2) is 46.0 Å². The van der Waals surface area contributed by atoms with Crippen LogP contribution in [-0.2, 0) is 4.79 Å². The molecule has 0 radical (unpaired) electrons. The first-order chi connectivity index (χ1) is 12.9. The Kier molecular flexibility index (Phi) is 4.68. The van der Waals surface area contributed by atoms with Gasteiger partial charge in [0.15, 0.2) is 0 Å². The van der Waals surface area contributed by atoms with Crippen molar-refractivity contribution in [3.05, 3.63) is 29.3 Å². The lowest BCUT2D eigenvalue weighted by Crippen LogP contribution is -2.50. The van der Waals surface area contributed by atoms with E-state index in [9.17, 15) is 9.59 Å². The monoisotopic (exact) mass is 386 g/mol. The van der Waals surface area contributed by atoms with Crippen molar-refractivity contribution >= 4 is 33.5 Å². The third-order valence-electron chi connectivity index (χ3n) is 6.07. The molecule has 2 aliphatic rings. The summed E-state index contributed by atoms with van der Waals surface area (Å²) < 4.78 is 1.15. The Morgan fingerprint density at radius 1 is 1.33 bits per heavy atom. The first-order valence-corrected chi connectivity index (χ1v) is 10.4. The minimum absolute atomic E-state index is 0.0194. The van der Waals surface area contributed by atoms with E-state index in [0.717, 1.165) is 40.9 Å². The van der Waals surface area contributed by atoms with Crippen molar-refractivity contribution in [2.45, 2.75) is 51.1 Å². The normalized spacial score (nSPS) is 27.0. The highest BCUT2D eigenvalue weighted by atomic mass is 32.1. The van der Waals surface area contributed by atoms with Crippen molar-refractivity contribution in [2.75, 3.05) is 13.7 Å². The van der Waals surface area contributed by atoms with Gasteiger partial charge in [-0.25, -0.2) is 14.7 Å². The SMILES string of the molecule is CC1CCC2(CC1)NC(=O)N(CN(C)[C@H](C)c1nc3ccccc3s1)C2=O. The molecule has 7 heteroatoms. The number of carbonyl (C=O) groups is 2. The van der Waals surface area contributed by atoms with Crippen LogP contribution < -0.4 is 5.32 Å². The summed E-state index contributed by atoms with van der Waals surface area (Å²) in [6.45, 7) is 4.55. The zero-order valence-electron chi connectivity index (χ0n) is 16.1. The van der Waals surface area contributed by atoms with Gasteiger partial charge in [-0.3, -0.25) is 9.69 Å². The zero-order valence-corrected chi connectivity index (χ0v) is 16.9. The van der Waals surface area contributed by atoms with Gasteiger partial charge in [0.05, 0.1) is 22.9 Å². The maximum Gasteiger partial charge on any atom is 0.326 e. The third-order valence-corrected chi connectivity index (χ3v) is 7.27. The molecule has 144 valence electrons. The summed E-state index contributed by atoms with van der Waals surface area (Å²) in [5, 5.41) is 3.99. The predicted octanol–water partition coefficient (Wildman–Crippen LogP) is 3.75. The molecule has 1 aromatic heterocycles. The molecule has 1 aliphatic carbocycles. The molecule has 1 atom stereocenters. The fourth-order valence-corrected chi connectivity index (χ4v) is 5.09. The molecule has 27 heavy (non-hydrogen) atoms. The van der Waals surface area contributed by atoms with Crippen LogP contribution in [0.3, 0.4) is 0 Å². The Bertz CT molecular complexity index is 839. The molecule has 2 fully saturated rings. The molecule has 6 nitrogen and oxygen atoms in total. The van der Waals surface area contributed by atoms with Gasteiger partial charge in [0, 0.05) is 0 Å². The van der Waals surface area contributed by atoms with Crippen LogP contribution in [0, 0.1) is 5.92 Å². The van der Waals surface area contributed by atoms with E-state index in [2.05, 4.69) is 25.2 Å². The molecule has 1 aromatic carbocycles. The number of nitrogens with zero attached hydrogens (tertiary/aromatic N) is 3. The van der Waals surface area contributed by atoms with Crippen LogP contribution in [0.25, 0.3) is 10.2 Å². The third kappa shape index (κ3) is 3.23. The minimum atomic E-state index is -0.677. The van der Waals surface area contributed by atoms with E-state index < -0.39 is 5.54 Å². The Hall–Kier alpha value is -1.99. The molecule has 2 heterocycles. The van der Waals surface area contributed by atoms with Gasteiger partial charge in [-0.1, -0.05) is 19.1 Å². The maximum absolute atomic E-state index is 13.0. The van der Waals surface area contributed by atoms with E-state index >= 15 is 0 Å². The highest BCUT2D eigenvalue weighted by Gasteiger charge is 2.52. The van der Waals surface area contributed by atoms with E-state index in [1.165, 1.54) is 4.90 Å². The number of amides is 3. The van der Waals surface area contributed by atoms with Crippen molar-refractivity contribution in [1.29, 1.82) is 0 Å². The minimum Gasteiger partial charge on any atom is -0.323 e. The number of hydrogen-bond acceptors (Lipinski definition) is 5. The molecular weight excluding hydrogens is 360 g/mol. The molecule has 1 aliphatic heterocycles. The highest BCUT2D eigenvalue weighted by molar-refractivity contribution is 7.18. The number of thiazole rings is 1. The lowest BCUT2D eigenvalue weighted by Gasteiger charge is -2.34. The second-order valence-electron chi connectivity index (χ2n) is 8.02. The molecule has 0 unspecified atom stereocenters. The number of rotatable bonds is 4. The quantitative estimate of drug-likeness (QED) is 0.813. The summed E-state index contributed by atoms with van der Waals surface area (Å²) in [7, 11) is 1.94. The van der Waals surface area contributed by atoms with E-state index in [-0.39, 0.29) is 24.6 Å². The first kappa shape index (κ1) is 18.4. The van der Waals surface area contributed by atoms with Crippen LogP contribution in [0.5, 0.6) is 0 Å². The number of benzene rings is 1. The number of aromatic nitrogens is 1. The van der Waals surface area contributed by atoms with E-state index in [0.29, 0.717) is 5.92 Å². The molecule has 4 rings (SSSR count). The number of nitrogens with one attached hydrogen (secondary N) is 1. The summed E-state index contributed by atoms with van der Waals surface area (Å²) in [6.07, 6.45) is 3.45. The van der Waals surface area contributed by atoms with Crippen LogP contribution in [0.15, 0.2) is 24.3 Å². The van der Waals surface area contributed by atoms with Crippen LogP contribution in [0.4, 0.5) is 4.79 Å². The van der Waals surface area contributed by atoms with E-state index in [1.807, 2.05) is 30.1 Å². The average molecular weight is 387 g/mol. The summed E-state index contributed by atoms with van der Waals surface area (Å²) in [4.78, 5) is 33.7. The van der Waals surface area contributed by atoms with E-state index in [1.54, 1.807) is 11.3 Å². The number of para-hydroxylation sites is 1. The number of urea groups is 1. The van der Waals surface area contributed by atoms with Crippen LogP contribution in [0.2, 0.25) is 0 Å². The summed E-state index contributed by atoms with van der Waals surface area (Å²) in [5.41, 5.74) is 0.312. The lowest BCUT2D eigenvalue weighted by atomic mass is 9.77. The molecule has 1 saturated carbocycles. The summed E-state index contributed by atoms with van der Waals surface area (Å²) in [5.74, 6) is 0.554. The smallest absolute Gasteiger partial charge is 0.323 e. The highest BCUT2D eigenvalue weighted by Crippen LogP contribution is 2.37. The van der Waals surface area contributed by atoms with Gasteiger partial charge in [0.25, 0.3) is 5.91 Å². The Balaban J connectivity index is 1.47. The molecule has 0 bridgehead atoms.